The summed E-state index contributed by atoms with van der Waals surface area (Å²) in [5.41, 5.74) is 0.448. The van der Waals surface area contributed by atoms with Crippen molar-refractivity contribution in [2.75, 3.05) is 18.1 Å². The second-order valence-corrected chi connectivity index (χ2v) is 11.7. The van der Waals surface area contributed by atoms with Crippen LogP contribution in [0.1, 0.15) is 65.5 Å². The highest BCUT2D eigenvalue weighted by Crippen LogP contribution is 2.32. The number of anilines is 1. The number of rotatable bonds is 9. The van der Waals surface area contributed by atoms with Crippen molar-refractivity contribution in [3.8, 4) is 5.75 Å². The minimum atomic E-state index is -1.22. The van der Waals surface area contributed by atoms with Crippen LogP contribution in [0.4, 0.5) is 19.3 Å². The van der Waals surface area contributed by atoms with Gasteiger partial charge in [-0.05, 0) is 96.2 Å². The van der Waals surface area contributed by atoms with Crippen LogP contribution in [0.25, 0.3) is 0 Å². The molecule has 218 valence electrons. The Morgan fingerprint density at radius 2 is 1.68 bits per heavy atom. The summed E-state index contributed by atoms with van der Waals surface area (Å²) >= 11 is 0. The molecule has 10 heteroatoms. The number of carbonyl (C=O) groups excluding carboxylic acids is 3. The lowest BCUT2D eigenvalue weighted by Gasteiger charge is -2.27. The van der Waals surface area contributed by atoms with Crippen molar-refractivity contribution < 1.29 is 37.4 Å². The lowest BCUT2D eigenvalue weighted by molar-refractivity contribution is -0.158. The van der Waals surface area contributed by atoms with Gasteiger partial charge in [-0.1, -0.05) is 6.07 Å². The number of alkyl carbamates (subject to hydrolysis) is 1. The molecule has 2 amide bonds. The van der Waals surface area contributed by atoms with Gasteiger partial charge in [0.1, 0.15) is 34.6 Å². The van der Waals surface area contributed by atoms with Crippen molar-refractivity contribution >= 4 is 23.7 Å². The Kier molecular flexibility index (Phi) is 9.76. The lowest BCUT2D eigenvalue weighted by atomic mass is 10.1. The van der Waals surface area contributed by atoms with Gasteiger partial charge in [0.05, 0.1) is 13.0 Å². The van der Waals surface area contributed by atoms with E-state index in [-0.39, 0.29) is 12.3 Å². The fourth-order valence-corrected chi connectivity index (χ4v) is 4.20. The maximum Gasteiger partial charge on any atom is 0.408 e. The Hall–Kier alpha value is -3.69. The van der Waals surface area contributed by atoms with Crippen molar-refractivity contribution in [3.05, 3.63) is 59.2 Å². The second-order valence-electron chi connectivity index (χ2n) is 11.7. The van der Waals surface area contributed by atoms with Gasteiger partial charge in [0.2, 0.25) is 5.91 Å². The Bertz CT molecular complexity index is 1240. The summed E-state index contributed by atoms with van der Waals surface area (Å²) in [6, 6.07) is 7.68. The first-order valence-corrected chi connectivity index (χ1v) is 13.3. The van der Waals surface area contributed by atoms with Gasteiger partial charge < -0.3 is 24.4 Å². The number of benzene rings is 2. The summed E-state index contributed by atoms with van der Waals surface area (Å²) in [6.45, 7) is 11.0. The number of hydrogen-bond acceptors (Lipinski definition) is 6. The van der Waals surface area contributed by atoms with Gasteiger partial charge in [-0.25, -0.2) is 18.4 Å². The molecular weight excluding hydrogens is 522 g/mol. The average molecular weight is 561 g/mol. The Morgan fingerprint density at radius 1 is 0.975 bits per heavy atom. The molecule has 0 bridgehead atoms. The number of hydrogen-bond donors (Lipinski definition) is 1. The van der Waals surface area contributed by atoms with Gasteiger partial charge in [0.25, 0.3) is 0 Å². The molecule has 0 radical (unpaired) electrons. The Morgan fingerprint density at radius 3 is 2.33 bits per heavy atom. The van der Waals surface area contributed by atoms with Crippen LogP contribution in [0.15, 0.2) is 36.4 Å². The monoisotopic (exact) mass is 560 g/mol. The number of ether oxygens (including phenoxy) is 3. The first-order chi connectivity index (χ1) is 18.6. The van der Waals surface area contributed by atoms with Crippen molar-refractivity contribution in [1.29, 1.82) is 0 Å². The molecule has 0 aliphatic carbocycles. The number of fused-ring (bicyclic) bond motifs is 1. The van der Waals surface area contributed by atoms with Crippen LogP contribution < -0.4 is 15.0 Å². The fourth-order valence-electron chi connectivity index (χ4n) is 4.20. The van der Waals surface area contributed by atoms with E-state index in [2.05, 4.69) is 5.32 Å². The number of amides is 2. The van der Waals surface area contributed by atoms with Crippen LogP contribution in [0.2, 0.25) is 0 Å². The van der Waals surface area contributed by atoms with Gasteiger partial charge >= 0.3 is 12.1 Å². The molecule has 8 nitrogen and oxygen atoms in total. The van der Waals surface area contributed by atoms with E-state index < -0.39 is 40.9 Å². The normalized spacial score (nSPS) is 13.8. The zero-order valence-corrected chi connectivity index (χ0v) is 23.9. The first kappa shape index (κ1) is 30.8. The molecule has 0 saturated carbocycles. The highest BCUT2D eigenvalue weighted by molar-refractivity contribution is 5.98. The van der Waals surface area contributed by atoms with Gasteiger partial charge in [0.15, 0.2) is 0 Å². The summed E-state index contributed by atoms with van der Waals surface area (Å²) < 4.78 is 43.4. The molecule has 1 atom stereocenters. The molecule has 1 heterocycles. The third-order valence-corrected chi connectivity index (χ3v) is 5.88. The number of aryl methyl sites for hydroxylation is 1. The topological polar surface area (TPSA) is 94.2 Å². The van der Waals surface area contributed by atoms with E-state index in [0.29, 0.717) is 49.4 Å². The van der Waals surface area contributed by atoms with Crippen molar-refractivity contribution in [2.24, 2.45) is 0 Å². The van der Waals surface area contributed by atoms with Crippen molar-refractivity contribution in [1.82, 2.24) is 5.32 Å². The quantitative estimate of drug-likeness (QED) is 0.322. The van der Waals surface area contributed by atoms with E-state index in [1.165, 1.54) is 12.1 Å². The van der Waals surface area contributed by atoms with E-state index in [1.807, 2.05) is 6.07 Å². The molecule has 0 saturated heterocycles. The lowest BCUT2D eigenvalue weighted by Crippen LogP contribution is -2.48. The Labute approximate surface area is 234 Å². The van der Waals surface area contributed by atoms with E-state index in [9.17, 15) is 23.2 Å². The molecule has 1 aliphatic heterocycles. The third kappa shape index (κ3) is 9.20. The van der Waals surface area contributed by atoms with Crippen LogP contribution in [-0.2, 0) is 31.9 Å². The molecule has 1 unspecified atom stereocenters. The first-order valence-electron chi connectivity index (χ1n) is 13.3. The largest absolute Gasteiger partial charge is 0.494 e. The zero-order valence-electron chi connectivity index (χ0n) is 23.9. The number of nitrogens with one attached hydrogen (secondary N) is 1. The molecule has 1 aliphatic rings. The Balaban J connectivity index is 1.61. The molecular formula is C30H38F2N2O6. The molecule has 2 aromatic rings. The molecule has 2 aromatic carbocycles. The smallest absolute Gasteiger partial charge is 0.408 e. The summed E-state index contributed by atoms with van der Waals surface area (Å²) in [7, 11) is 0. The highest BCUT2D eigenvalue weighted by atomic mass is 19.1. The molecule has 40 heavy (non-hydrogen) atoms. The number of esters is 1. The predicted octanol–water partition coefficient (Wildman–Crippen LogP) is 5.49. The minimum Gasteiger partial charge on any atom is -0.494 e. The SMILES string of the molecule is CC(C)(C)OC(=O)NC(CC(=O)N1CCc2cc(OCCCc3ccc(F)cc3F)ccc21)C(=O)OC(C)(C)C. The molecule has 0 fully saturated rings. The van der Waals surface area contributed by atoms with Gasteiger partial charge in [-0.15, -0.1) is 0 Å². The van der Waals surface area contributed by atoms with Gasteiger partial charge in [-0.3, -0.25) is 4.79 Å². The van der Waals surface area contributed by atoms with Gasteiger partial charge in [-0.2, -0.15) is 0 Å². The van der Waals surface area contributed by atoms with E-state index in [1.54, 1.807) is 58.6 Å². The van der Waals surface area contributed by atoms with Crippen molar-refractivity contribution in [3.63, 3.8) is 0 Å². The highest BCUT2D eigenvalue weighted by Gasteiger charge is 2.34. The maximum atomic E-state index is 13.8. The van der Waals surface area contributed by atoms with Crippen LogP contribution in [0, 0.1) is 11.6 Å². The number of carbonyl (C=O) groups is 3. The standard InChI is InChI=1S/C30H38F2N2O6/c1-29(2,3)39-27(36)24(33-28(37)40-30(4,5)6)18-26(35)34-14-13-20-16-22(11-12-25(20)34)38-15-7-8-19-9-10-21(31)17-23(19)32/h9-12,16-17,24H,7-8,13-15,18H2,1-6H3,(H,33,37). The minimum absolute atomic E-state index is 0.300. The maximum absolute atomic E-state index is 13.8. The van der Waals surface area contributed by atoms with Crippen molar-refractivity contribution in [2.45, 2.75) is 84.5 Å². The van der Waals surface area contributed by atoms with Gasteiger partial charge in [0, 0.05) is 18.3 Å². The number of halogens is 2. The van der Waals surface area contributed by atoms with Crippen LogP contribution in [0.5, 0.6) is 5.75 Å². The molecule has 3 rings (SSSR count). The summed E-state index contributed by atoms with van der Waals surface area (Å²) in [5, 5.41) is 2.48. The van der Waals surface area contributed by atoms with Crippen LogP contribution >= 0.6 is 0 Å². The second kappa shape index (κ2) is 12.7. The van der Waals surface area contributed by atoms with E-state index >= 15 is 0 Å². The molecule has 1 N–H and O–H groups in total. The summed E-state index contributed by atoms with van der Waals surface area (Å²) in [5.74, 6) is -1.64. The summed E-state index contributed by atoms with van der Waals surface area (Å²) in [4.78, 5) is 40.1. The van der Waals surface area contributed by atoms with E-state index in [0.717, 1.165) is 11.6 Å². The average Bonchev–Trinajstić information content (AvgIpc) is 3.23. The predicted molar refractivity (Wildman–Crippen MR) is 146 cm³/mol. The zero-order chi connectivity index (χ0) is 29.7. The number of nitrogens with zero attached hydrogens (tertiary/aromatic N) is 1. The summed E-state index contributed by atoms with van der Waals surface area (Å²) in [6.07, 6.45) is 0.430. The molecule has 0 spiro atoms. The third-order valence-electron chi connectivity index (χ3n) is 5.88. The van der Waals surface area contributed by atoms with Crippen LogP contribution in [0.3, 0.4) is 0 Å². The fraction of sp³-hybridized carbons (Fsp3) is 0.500. The van der Waals surface area contributed by atoms with Crippen LogP contribution in [-0.4, -0.2) is 48.4 Å². The molecule has 0 aromatic heterocycles. The van der Waals surface area contributed by atoms with E-state index in [4.69, 9.17) is 14.2 Å².